The molecule has 2 aromatic rings. The molecular formula is C31H44N2O. The zero-order valence-electron chi connectivity index (χ0n) is 22.2. The predicted molar refractivity (Wildman–Crippen MR) is 147 cm³/mol. The normalized spacial score (nSPS) is 22.8. The first-order chi connectivity index (χ1) is 16.2. The molecule has 1 atom stereocenters. The molecule has 1 aromatic heterocycles. The van der Waals surface area contributed by atoms with Gasteiger partial charge in [0.25, 0.3) is 0 Å². The van der Waals surface area contributed by atoms with Gasteiger partial charge < -0.3 is 14.6 Å². The maximum atomic E-state index is 5.96. The minimum Gasteiger partial charge on any atom is -0.375 e. The summed E-state index contributed by atoms with van der Waals surface area (Å²) in [5, 5.41) is 1.38. The fourth-order valence-corrected chi connectivity index (χ4v) is 6.07. The predicted octanol–water partition coefficient (Wildman–Crippen LogP) is 7.96. The Balaban J connectivity index is 1.58. The summed E-state index contributed by atoms with van der Waals surface area (Å²) >= 11 is 0. The molecule has 0 amide bonds. The second-order valence-corrected chi connectivity index (χ2v) is 11.4. The lowest BCUT2D eigenvalue weighted by Crippen LogP contribution is -2.48. The van der Waals surface area contributed by atoms with Gasteiger partial charge in [0.05, 0.1) is 5.60 Å². The summed E-state index contributed by atoms with van der Waals surface area (Å²) in [6.45, 7) is 20.7. The summed E-state index contributed by atoms with van der Waals surface area (Å²) in [6.07, 6.45) is 11.3. The Bertz CT molecular complexity index is 1080. The van der Waals surface area contributed by atoms with Crippen molar-refractivity contribution in [3.05, 3.63) is 65.4 Å². The molecule has 3 heterocycles. The van der Waals surface area contributed by atoms with Crippen LogP contribution in [0, 0.1) is 0 Å². The van der Waals surface area contributed by atoms with Gasteiger partial charge in [0.1, 0.15) is 0 Å². The molecule has 1 unspecified atom stereocenters. The van der Waals surface area contributed by atoms with Crippen LogP contribution in [0.1, 0.15) is 95.9 Å². The van der Waals surface area contributed by atoms with Gasteiger partial charge in [-0.2, -0.15) is 0 Å². The molecule has 0 saturated carbocycles. The number of allylic oxidation sites excluding steroid dienone is 5. The Morgan fingerprint density at radius 1 is 1.21 bits per heavy atom. The fourth-order valence-electron chi connectivity index (χ4n) is 6.07. The van der Waals surface area contributed by atoms with E-state index in [-0.39, 0.29) is 5.60 Å². The highest BCUT2D eigenvalue weighted by Crippen LogP contribution is 2.38. The topological polar surface area (TPSA) is 28.3 Å². The lowest BCUT2D eigenvalue weighted by molar-refractivity contribution is -0.0858. The van der Waals surface area contributed by atoms with Crippen molar-refractivity contribution in [2.24, 2.45) is 0 Å². The second-order valence-electron chi connectivity index (χ2n) is 11.4. The van der Waals surface area contributed by atoms with Gasteiger partial charge in [0.15, 0.2) is 0 Å². The van der Waals surface area contributed by atoms with Crippen molar-refractivity contribution < 1.29 is 4.74 Å². The lowest BCUT2D eigenvalue weighted by atomic mass is 9.85. The van der Waals surface area contributed by atoms with E-state index >= 15 is 0 Å². The summed E-state index contributed by atoms with van der Waals surface area (Å²) in [7, 11) is 0. The van der Waals surface area contributed by atoms with E-state index in [9.17, 15) is 0 Å². The van der Waals surface area contributed by atoms with E-state index in [4.69, 9.17) is 4.74 Å². The minimum absolute atomic E-state index is 0.0223. The molecule has 1 N–H and O–H groups in total. The first-order valence-corrected chi connectivity index (χ1v) is 13.2. The number of rotatable bonds is 6. The number of H-pyrrole nitrogens is 1. The van der Waals surface area contributed by atoms with E-state index < -0.39 is 0 Å². The standard InChI is InChI=1S/C31H44N2O/c1-8-9-25(18-21(2)3)30-29(22(4)5)27-19-24(10-11-28(27)32-30)23-12-15-33(16-13-23)26-14-17-34-31(6,7)20-26/h8-11,18-19,22-23,26,32H,2,12-17,20H2,1,3-7H3/b9-8-,25-18+. The molecule has 2 saturated heterocycles. The summed E-state index contributed by atoms with van der Waals surface area (Å²) in [5.41, 5.74) is 7.70. The SMILES string of the molecule is C=C(C)/C=C(\C=C/C)c1[nH]c2ccc(C3CCN(C4CCOC(C)(C)C4)CC3)cc2c1C(C)C. The first-order valence-electron chi connectivity index (χ1n) is 13.2. The number of benzene rings is 1. The monoisotopic (exact) mass is 460 g/mol. The molecule has 0 spiro atoms. The molecule has 3 heteroatoms. The molecule has 0 radical (unpaired) electrons. The molecule has 34 heavy (non-hydrogen) atoms. The molecule has 3 nitrogen and oxygen atoms in total. The average Bonchev–Trinajstić information content (AvgIpc) is 3.17. The van der Waals surface area contributed by atoms with E-state index in [1.807, 2.05) is 0 Å². The van der Waals surface area contributed by atoms with Crippen LogP contribution < -0.4 is 0 Å². The number of fused-ring (bicyclic) bond motifs is 1. The quantitative estimate of drug-likeness (QED) is 0.443. The van der Waals surface area contributed by atoms with Crippen LogP contribution in [0.15, 0.2) is 48.6 Å². The molecule has 2 aliphatic rings. The molecular weight excluding hydrogens is 416 g/mol. The Morgan fingerprint density at radius 3 is 2.56 bits per heavy atom. The number of ether oxygens (including phenoxy) is 1. The van der Waals surface area contributed by atoms with Crippen molar-refractivity contribution >= 4 is 16.5 Å². The molecule has 0 aliphatic carbocycles. The van der Waals surface area contributed by atoms with Crippen LogP contribution in [0.2, 0.25) is 0 Å². The maximum absolute atomic E-state index is 5.96. The third kappa shape index (κ3) is 5.42. The zero-order valence-corrected chi connectivity index (χ0v) is 22.2. The Morgan fingerprint density at radius 2 is 1.94 bits per heavy atom. The van der Waals surface area contributed by atoms with Gasteiger partial charge in [-0.25, -0.2) is 0 Å². The molecule has 4 rings (SSSR count). The smallest absolute Gasteiger partial charge is 0.0641 e. The van der Waals surface area contributed by atoms with Gasteiger partial charge in [-0.15, -0.1) is 0 Å². The van der Waals surface area contributed by atoms with Gasteiger partial charge in [-0.1, -0.05) is 50.3 Å². The Hall–Kier alpha value is -2.10. The Labute approximate surface area is 207 Å². The third-order valence-corrected chi connectivity index (χ3v) is 7.67. The average molecular weight is 461 g/mol. The summed E-state index contributed by atoms with van der Waals surface area (Å²) < 4.78 is 5.96. The van der Waals surface area contributed by atoms with E-state index in [0.717, 1.165) is 18.6 Å². The van der Waals surface area contributed by atoms with Crippen LogP contribution in [-0.2, 0) is 4.74 Å². The maximum Gasteiger partial charge on any atom is 0.0641 e. The van der Waals surface area contributed by atoms with Gasteiger partial charge in [-0.3, -0.25) is 0 Å². The zero-order chi connectivity index (χ0) is 24.5. The first kappa shape index (κ1) is 25.0. The van der Waals surface area contributed by atoms with Crippen LogP contribution in [0.3, 0.4) is 0 Å². The highest BCUT2D eigenvalue weighted by atomic mass is 16.5. The number of likely N-dealkylation sites (tertiary alicyclic amines) is 1. The van der Waals surface area contributed by atoms with Crippen molar-refractivity contribution in [3.63, 3.8) is 0 Å². The van der Waals surface area contributed by atoms with Crippen LogP contribution in [0.5, 0.6) is 0 Å². The molecule has 1 aromatic carbocycles. The Kier molecular flexibility index (Phi) is 7.54. The second kappa shape index (κ2) is 10.3. The number of aromatic amines is 1. The number of nitrogens with one attached hydrogen (secondary N) is 1. The minimum atomic E-state index is 0.0223. The van der Waals surface area contributed by atoms with E-state index in [2.05, 4.69) is 94.4 Å². The van der Waals surface area contributed by atoms with Crippen LogP contribution in [-0.4, -0.2) is 41.2 Å². The fraction of sp³-hybridized carbons (Fsp3) is 0.548. The van der Waals surface area contributed by atoms with E-state index in [1.165, 1.54) is 65.6 Å². The largest absolute Gasteiger partial charge is 0.375 e. The molecule has 0 bridgehead atoms. The number of nitrogens with zero attached hydrogens (tertiary/aromatic N) is 1. The van der Waals surface area contributed by atoms with E-state index in [0.29, 0.717) is 17.9 Å². The van der Waals surface area contributed by atoms with E-state index in [1.54, 1.807) is 0 Å². The van der Waals surface area contributed by atoms with Crippen LogP contribution in [0.25, 0.3) is 16.5 Å². The van der Waals surface area contributed by atoms with Gasteiger partial charge in [0, 0.05) is 29.2 Å². The van der Waals surface area contributed by atoms with Crippen molar-refractivity contribution in [3.8, 4) is 0 Å². The molecule has 184 valence electrons. The highest BCUT2D eigenvalue weighted by Gasteiger charge is 2.34. The van der Waals surface area contributed by atoms with Crippen molar-refractivity contribution in [2.45, 2.75) is 90.7 Å². The van der Waals surface area contributed by atoms with Crippen LogP contribution in [0.4, 0.5) is 0 Å². The van der Waals surface area contributed by atoms with Crippen LogP contribution >= 0.6 is 0 Å². The van der Waals surface area contributed by atoms with Gasteiger partial charge >= 0.3 is 0 Å². The van der Waals surface area contributed by atoms with Gasteiger partial charge in [0.2, 0.25) is 0 Å². The van der Waals surface area contributed by atoms with Gasteiger partial charge in [-0.05, 0) is 107 Å². The molecule has 2 fully saturated rings. The number of hydrogen-bond acceptors (Lipinski definition) is 2. The highest BCUT2D eigenvalue weighted by molar-refractivity contribution is 5.92. The summed E-state index contributed by atoms with van der Waals surface area (Å²) in [5.74, 6) is 1.09. The number of hydrogen-bond donors (Lipinski definition) is 1. The summed E-state index contributed by atoms with van der Waals surface area (Å²) in [4.78, 5) is 6.48. The van der Waals surface area contributed by atoms with Crippen molar-refractivity contribution in [2.75, 3.05) is 19.7 Å². The lowest BCUT2D eigenvalue weighted by Gasteiger charge is -2.44. The van der Waals surface area contributed by atoms with Crippen molar-refractivity contribution in [1.82, 2.24) is 9.88 Å². The summed E-state index contributed by atoms with van der Waals surface area (Å²) in [6, 6.07) is 7.83. The van der Waals surface area contributed by atoms with Crippen molar-refractivity contribution in [1.29, 1.82) is 0 Å². The third-order valence-electron chi connectivity index (χ3n) is 7.67. The number of piperidine rings is 1. The molecule has 2 aliphatic heterocycles. The number of aromatic nitrogens is 1.